The monoisotopic (exact) mass is 1040 g/mol. The Balaban J connectivity index is 1.16. The van der Waals surface area contributed by atoms with Gasteiger partial charge in [0.25, 0.3) is 6.71 Å². The second-order valence-electron chi connectivity index (χ2n) is 24.4. The zero-order chi connectivity index (χ0) is 57.6. The molecule has 15 heteroatoms. The number of aromatic nitrogens is 1. The molecular formula is C68H43B10N3O2. The van der Waals surface area contributed by atoms with Gasteiger partial charge in [0.1, 0.15) is 87.4 Å². The van der Waals surface area contributed by atoms with E-state index in [9.17, 15) is 0 Å². The van der Waals surface area contributed by atoms with Gasteiger partial charge in [-0.25, -0.2) is 0 Å². The first-order valence-electron chi connectivity index (χ1n) is 27.8. The Morgan fingerprint density at radius 2 is 0.952 bits per heavy atom. The van der Waals surface area contributed by atoms with Gasteiger partial charge in [0.2, 0.25) is 0 Å². The highest BCUT2D eigenvalue weighted by atomic mass is 16.3. The minimum Gasteiger partial charge on any atom is -0.456 e. The van der Waals surface area contributed by atoms with E-state index >= 15 is 0 Å². The van der Waals surface area contributed by atoms with Crippen molar-refractivity contribution in [1.82, 2.24) is 4.57 Å². The van der Waals surface area contributed by atoms with Crippen LogP contribution in [0.1, 0.15) is 52.7 Å². The minimum absolute atomic E-state index is 0.105. The molecule has 5 nitrogen and oxygen atoms in total. The van der Waals surface area contributed by atoms with Crippen LogP contribution in [0.15, 0.2) is 160 Å². The van der Waals surface area contributed by atoms with Crippen LogP contribution in [0, 0.1) is 0 Å². The third-order valence-corrected chi connectivity index (χ3v) is 17.6. The number of benzene rings is 10. The normalized spacial score (nSPS) is 13.3. The SMILES string of the molecule is [B]c1c([B])c([B])c(N2c3cc(C(C)(C)C)cc4c3B(c3ccc(-n5c6ccc(C(C)(C)C)cc6c6c([B])c([B])c([B])c([B])c65)cc3N4c3ccccc3-c3ccccc3)c3c2c2oc4ccccc4c2c2c3oc3ccccc32)c([B])c1[B]. The van der Waals surface area contributed by atoms with Crippen molar-refractivity contribution < 1.29 is 8.83 Å². The lowest BCUT2D eigenvalue weighted by Gasteiger charge is -2.46. The Morgan fingerprint density at radius 3 is 1.61 bits per heavy atom. The minimum atomic E-state index is -0.542. The highest BCUT2D eigenvalue weighted by Crippen LogP contribution is 2.52. The summed E-state index contributed by atoms with van der Waals surface area (Å²) in [4.78, 5) is 4.51. The predicted octanol–water partition coefficient (Wildman–Crippen LogP) is 6.07. The molecule has 0 aliphatic carbocycles. The van der Waals surface area contributed by atoms with Gasteiger partial charge in [0.15, 0.2) is 5.58 Å². The maximum Gasteiger partial charge on any atom is 0.257 e. The third kappa shape index (κ3) is 7.15. The number of fused-ring (bicyclic) bond motifs is 16. The van der Waals surface area contributed by atoms with E-state index in [1.807, 2.05) is 42.5 Å². The first kappa shape index (κ1) is 51.7. The maximum absolute atomic E-state index is 7.37. The highest BCUT2D eigenvalue weighted by molar-refractivity contribution is 7.02. The van der Waals surface area contributed by atoms with Crippen LogP contribution >= 0.6 is 0 Å². The summed E-state index contributed by atoms with van der Waals surface area (Å²) in [6, 6.07) is 53.0. The molecule has 0 spiro atoms. The number of hydrogen-bond donors (Lipinski definition) is 0. The topological polar surface area (TPSA) is 37.7 Å². The Labute approximate surface area is 494 Å². The largest absolute Gasteiger partial charge is 0.456 e. The lowest BCUT2D eigenvalue weighted by molar-refractivity contribution is 0.590. The van der Waals surface area contributed by atoms with Crippen molar-refractivity contribution in [3.05, 3.63) is 163 Å². The van der Waals surface area contributed by atoms with Crippen molar-refractivity contribution >= 4 is 243 Å². The van der Waals surface area contributed by atoms with Crippen LogP contribution in [0.4, 0.5) is 34.1 Å². The Hall–Kier alpha value is -8.15. The van der Waals surface area contributed by atoms with E-state index in [1.165, 1.54) is 0 Å². The van der Waals surface area contributed by atoms with Gasteiger partial charge in [0, 0.05) is 71.9 Å². The molecule has 0 atom stereocenters. The van der Waals surface area contributed by atoms with Gasteiger partial charge in [0.05, 0.1) is 16.9 Å². The molecule has 3 aromatic heterocycles. The summed E-state index contributed by atoms with van der Waals surface area (Å²) in [5.74, 6) is 0. The molecule has 0 amide bonds. The van der Waals surface area contributed by atoms with E-state index in [-0.39, 0.29) is 43.7 Å². The van der Waals surface area contributed by atoms with Crippen molar-refractivity contribution in [1.29, 1.82) is 0 Å². The zero-order valence-electron chi connectivity index (χ0n) is 46.9. The summed E-state index contributed by atoms with van der Waals surface area (Å²) >= 11 is 0. The highest BCUT2D eigenvalue weighted by Gasteiger charge is 2.48. The molecule has 10 aromatic carbocycles. The lowest BCUT2D eigenvalue weighted by atomic mass is 9.33. The number of rotatable bonds is 4. The van der Waals surface area contributed by atoms with Crippen molar-refractivity contribution in [3.8, 4) is 16.8 Å². The van der Waals surface area contributed by atoms with Crippen LogP contribution in [0.2, 0.25) is 0 Å². The molecule has 18 radical (unpaired) electrons. The van der Waals surface area contributed by atoms with Gasteiger partial charge in [-0.05, 0) is 98.4 Å². The number of furan rings is 2. The second-order valence-corrected chi connectivity index (χ2v) is 24.4. The van der Waals surface area contributed by atoms with Gasteiger partial charge < -0.3 is 23.2 Å². The van der Waals surface area contributed by atoms with Gasteiger partial charge in [-0.1, -0.05) is 160 Å². The summed E-state index contributed by atoms with van der Waals surface area (Å²) in [7, 11) is 63.1. The molecule has 0 bridgehead atoms. The van der Waals surface area contributed by atoms with Crippen LogP contribution in [-0.2, 0) is 10.8 Å². The van der Waals surface area contributed by atoms with E-state index in [0.29, 0.717) is 50.1 Å². The van der Waals surface area contributed by atoms with Crippen molar-refractivity contribution in [2.24, 2.45) is 0 Å². The zero-order valence-corrected chi connectivity index (χ0v) is 46.9. The number of para-hydroxylation sites is 3. The summed E-state index contributed by atoms with van der Waals surface area (Å²) in [6.07, 6.45) is 0. The van der Waals surface area contributed by atoms with Gasteiger partial charge in [-0.15, -0.1) is 27.3 Å². The van der Waals surface area contributed by atoms with Crippen molar-refractivity contribution in [2.75, 3.05) is 9.80 Å². The fourth-order valence-corrected chi connectivity index (χ4v) is 13.4. The maximum atomic E-state index is 7.37. The Bertz CT molecular complexity index is 5000. The molecule has 83 heavy (non-hydrogen) atoms. The van der Waals surface area contributed by atoms with Crippen LogP contribution in [0.5, 0.6) is 0 Å². The number of anilines is 6. The molecule has 13 aromatic rings. The summed E-state index contributed by atoms with van der Waals surface area (Å²) in [5.41, 5.74) is 17.7. The smallest absolute Gasteiger partial charge is 0.257 e. The average molecular weight is 1040 g/mol. The Morgan fingerprint density at radius 1 is 0.398 bits per heavy atom. The molecule has 0 N–H and O–H groups in total. The van der Waals surface area contributed by atoms with E-state index in [1.54, 1.807) is 0 Å². The van der Waals surface area contributed by atoms with E-state index in [0.717, 1.165) is 105 Å². The standard InChI is InChI=1S/C68H43B10N3O2/c1-67(2,3)33-24-27-42-39(28-33)50-51(69)52(70)54(72)57(75)62(50)79(42)35-25-26-40-43(31-35)80(41-21-13-10-18-36(41)32-16-8-7-9-17-32)44-29-34(68(4,5)6)30-45-60(44)78(40)61-64(81(45)63-58(76)55(73)53(71)56(74)59(63)77)66-49(38-20-12-15-23-47(38)83-66)48-37-19-11-14-22-46(37)82-65(48)61/h7-31H,1-6H3. The van der Waals surface area contributed by atoms with Crippen LogP contribution in [0.3, 0.4) is 0 Å². The molecule has 0 unspecified atom stereocenters. The summed E-state index contributed by atoms with van der Waals surface area (Å²) < 4.78 is 16.9. The molecule has 0 fully saturated rings. The molecule has 0 saturated carbocycles. The van der Waals surface area contributed by atoms with E-state index in [4.69, 9.17) is 79.5 Å². The molecular weight excluding hydrogens is 999 g/mol. The molecule has 15 rings (SSSR count). The summed E-state index contributed by atoms with van der Waals surface area (Å²) in [5, 5.41) is 5.27. The van der Waals surface area contributed by atoms with Gasteiger partial charge >= 0.3 is 0 Å². The molecule has 5 heterocycles. The van der Waals surface area contributed by atoms with Gasteiger partial charge in [-0.2, -0.15) is 0 Å². The fraction of sp³-hybridized carbons (Fsp3) is 0.118. The third-order valence-electron chi connectivity index (χ3n) is 17.6. The predicted molar refractivity (Wildman–Crippen MR) is 361 cm³/mol. The number of hydrogen-bond acceptors (Lipinski definition) is 4. The molecule has 372 valence electrons. The fourth-order valence-electron chi connectivity index (χ4n) is 13.4. The van der Waals surface area contributed by atoms with Crippen molar-refractivity contribution in [2.45, 2.75) is 52.4 Å². The second kappa shape index (κ2) is 17.9. The Kier molecular flexibility index (Phi) is 11.2. The molecule has 2 aliphatic rings. The first-order chi connectivity index (χ1) is 39.7. The summed E-state index contributed by atoms with van der Waals surface area (Å²) in [6.45, 7) is 12.7. The molecule has 0 saturated heterocycles. The number of nitrogens with zero attached hydrogens (tertiary/aromatic N) is 3. The van der Waals surface area contributed by atoms with Crippen molar-refractivity contribution in [3.63, 3.8) is 0 Å². The van der Waals surface area contributed by atoms with Crippen LogP contribution in [0.25, 0.3) is 82.5 Å². The quantitative estimate of drug-likeness (QED) is 0.201. The average Bonchev–Trinajstić information content (AvgIpc) is 1.80. The first-order valence-corrected chi connectivity index (χ1v) is 27.8. The van der Waals surface area contributed by atoms with Crippen LogP contribution in [-0.4, -0.2) is 81.9 Å². The van der Waals surface area contributed by atoms with E-state index in [2.05, 4.69) is 165 Å². The van der Waals surface area contributed by atoms with E-state index < -0.39 is 12.1 Å². The lowest BCUT2D eigenvalue weighted by Crippen LogP contribution is -2.63. The molecule has 2 aliphatic heterocycles. The van der Waals surface area contributed by atoms with Gasteiger partial charge in [-0.3, -0.25) is 0 Å². The van der Waals surface area contributed by atoms with Crippen LogP contribution < -0.4 is 75.4 Å².